The van der Waals surface area contributed by atoms with Crippen LogP contribution < -0.4 is 10.6 Å². The first-order valence-electron chi connectivity index (χ1n) is 7.59. The second-order valence-electron chi connectivity index (χ2n) is 5.99. The van der Waals surface area contributed by atoms with Gasteiger partial charge in [0.1, 0.15) is 0 Å². The Kier molecular flexibility index (Phi) is 10.5. The highest BCUT2D eigenvalue weighted by Gasteiger charge is 2.32. The Hall–Kier alpha value is -0.820. The van der Waals surface area contributed by atoms with Crippen LogP contribution in [0.15, 0.2) is 12.4 Å². The topological polar surface area (TPSA) is 68.2 Å². The van der Waals surface area contributed by atoms with Gasteiger partial charge < -0.3 is 15.4 Å². The van der Waals surface area contributed by atoms with Gasteiger partial charge in [-0.3, -0.25) is 9.48 Å². The summed E-state index contributed by atoms with van der Waals surface area (Å²) in [6, 6.07) is 0. The second kappa shape index (κ2) is 10.9. The number of carbonyl (C=O) groups excluding carboxylic acids is 1. The van der Waals surface area contributed by atoms with Crippen LogP contribution in [0.3, 0.4) is 0 Å². The highest BCUT2D eigenvalue weighted by Crippen LogP contribution is 2.28. The van der Waals surface area contributed by atoms with E-state index in [-0.39, 0.29) is 36.1 Å². The van der Waals surface area contributed by atoms with Crippen LogP contribution in [0.1, 0.15) is 24.8 Å². The van der Waals surface area contributed by atoms with E-state index in [1.807, 2.05) is 17.8 Å². The van der Waals surface area contributed by atoms with Crippen molar-refractivity contribution in [3.05, 3.63) is 18.0 Å². The third-order valence-corrected chi connectivity index (χ3v) is 4.11. The molecule has 0 radical (unpaired) electrons. The van der Waals surface area contributed by atoms with E-state index < -0.39 is 0 Å². The van der Waals surface area contributed by atoms with Crippen molar-refractivity contribution in [2.24, 2.45) is 5.41 Å². The summed E-state index contributed by atoms with van der Waals surface area (Å²) in [5, 5.41) is 10.6. The van der Waals surface area contributed by atoms with E-state index in [2.05, 4.69) is 15.7 Å². The number of hydrogen-bond acceptors (Lipinski definition) is 4. The van der Waals surface area contributed by atoms with E-state index >= 15 is 0 Å². The van der Waals surface area contributed by atoms with Gasteiger partial charge in [0.15, 0.2) is 0 Å². The Bertz CT molecular complexity index is 457. The van der Waals surface area contributed by atoms with E-state index in [1.54, 1.807) is 13.3 Å². The zero-order chi connectivity index (χ0) is 15.1. The van der Waals surface area contributed by atoms with Gasteiger partial charge in [0.25, 0.3) is 0 Å². The number of ether oxygens (including phenoxy) is 1. The first kappa shape index (κ1) is 22.2. The van der Waals surface area contributed by atoms with E-state index in [9.17, 15) is 4.79 Å². The number of amides is 1. The SMILES string of the molecule is COCC1(CNC(=O)CCn2cc(C)cn2)CCNCC1.Cl.Cl. The molecule has 1 aromatic rings. The molecule has 1 saturated heterocycles. The summed E-state index contributed by atoms with van der Waals surface area (Å²) in [6.07, 6.45) is 6.30. The van der Waals surface area contributed by atoms with E-state index in [0.717, 1.165) is 31.5 Å². The molecule has 2 rings (SSSR count). The molecule has 2 heterocycles. The molecule has 0 unspecified atom stereocenters. The summed E-state index contributed by atoms with van der Waals surface area (Å²) in [5.41, 5.74) is 1.20. The van der Waals surface area contributed by atoms with Crippen molar-refractivity contribution < 1.29 is 9.53 Å². The molecule has 1 amide bonds. The lowest BCUT2D eigenvalue weighted by Crippen LogP contribution is -2.47. The van der Waals surface area contributed by atoms with Gasteiger partial charge in [-0.05, 0) is 38.4 Å². The number of nitrogens with one attached hydrogen (secondary N) is 2. The lowest BCUT2D eigenvalue weighted by Gasteiger charge is -2.37. The molecule has 6 nitrogen and oxygen atoms in total. The first-order chi connectivity index (χ1) is 10.1. The van der Waals surface area contributed by atoms with Crippen molar-refractivity contribution in [1.29, 1.82) is 0 Å². The van der Waals surface area contributed by atoms with Crippen LogP contribution in [0.25, 0.3) is 0 Å². The number of hydrogen-bond donors (Lipinski definition) is 2. The van der Waals surface area contributed by atoms with Gasteiger partial charge in [0, 0.05) is 38.2 Å². The molecule has 23 heavy (non-hydrogen) atoms. The number of aryl methyl sites for hydroxylation is 2. The highest BCUT2D eigenvalue weighted by molar-refractivity contribution is 5.85. The normalized spacial score (nSPS) is 16.1. The average Bonchev–Trinajstić information content (AvgIpc) is 2.90. The van der Waals surface area contributed by atoms with Gasteiger partial charge >= 0.3 is 0 Å². The fraction of sp³-hybridized carbons (Fsp3) is 0.733. The largest absolute Gasteiger partial charge is 0.384 e. The quantitative estimate of drug-likeness (QED) is 0.768. The Morgan fingerprint density at radius 3 is 2.70 bits per heavy atom. The molecule has 0 saturated carbocycles. The third-order valence-electron chi connectivity index (χ3n) is 4.11. The Morgan fingerprint density at radius 2 is 2.13 bits per heavy atom. The van der Waals surface area contributed by atoms with Crippen LogP contribution in [-0.2, 0) is 16.1 Å². The summed E-state index contributed by atoms with van der Waals surface area (Å²) in [7, 11) is 1.73. The van der Waals surface area contributed by atoms with Crippen LogP contribution in [0, 0.1) is 12.3 Å². The van der Waals surface area contributed by atoms with Crippen molar-refractivity contribution in [2.45, 2.75) is 32.7 Å². The summed E-state index contributed by atoms with van der Waals surface area (Å²) < 4.78 is 7.17. The van der Waals surface area contributed by atoms with Crippen molar-refractivity contribution in [2.75, 3.05) is 33.4 Å². The summed E-state index contributed by atoms with van der Waals surface area (Å²) in [5.74, 6) is 0.0807. The highest BCUT2D eigenvalue weighted by atomic mass is 35.5. The van der Waals surface area contributed by atoms with Crippen LogP contribution in [0.4, 0.5) is 0 Å². The molecule has 1 aromatic heterocycles. The predicted octanol–water partition coefficient (Wildman–Crippen LogP) is 1.56. The molecular weight excluding hydrogens is 339 g/mol. The molecule has 134 valence electrons. The van der Waals surface area contributed by atoms with Gasteiger partial charge in [-0.1, -0.05) is 0 Å². The molecular formula is C15H28Cl2N4O2. The smallest absolute Gasteiger partial charge is 0.221 e. The monoisotopic (exact) mass is 366 g/mol. The number of aromatic nitrogens is 2. The first-order valence-corrected chi connectivity index (χ1v) is 7.59. The van der Waals surface area contributed by atoms with Gasteiger partial charge in [-0.15, -0.1) is 24.8 Å². The minimum atomic E-state index is 0. The molecule has 0 aromatic carbocycles. The standard InChI is InChI=1S/C15H26N4O2.2ClH/c1-13-9-18-19(10-13)8-3-14(20)17-11-15(12-21-2)4-6-16-7-5-15;;/h9-10,16H,3-8,11-12H2,1-2H3,(H,17,20);2*1H. The van der Waals surface area contributed by atoms with Crippen molar-refractivity contribution in [1.82, 2.24) is 20.4 Å². The molecule has 1 fully saturated rings. The van der Waals surface area contributed by atoms with Crippen molar-refractivity contribution in [3.63, 3.8) is 0 Å². The lowest BCUT2D eigenvalue weighted by molar-refractivity contribution is -0.122. The minimum Gasteiger partial charge on any atom is -0.384 e. The fourth-order valence-electron chi connectivity index (χ4n) is 2.82. The van der Waals surface area contributed by atoms with Gasteiger partial charge in [-0.2, -0.15) is 5.10 Å². The van der Waals surface area contributed by atoms with E-state index in [0.29, 0.717) is 26.1 Å². The Morgan fingerprint density at radius 1 is 1.43 bits per heavy atom. The van der Waals surface area contributed by atoms with Gasteiger partial charge in [0.2, 0.25) is 5.91 Å². The number of rotatable bonds is 7. The molecule has 0 spiro atoms. The number of piperidine rings is 1. The molecule has 0 atom stereocenters. The number of methoxy groups -OCH3 is 1. The van der Waals surface area contributed by atoms with Crippen LogP contribution in [-0.4, -0.2) is 49.0 Å². The summed E-state index contributed by atoms with van der Waals surface area (Å²) in [6.45, 7) is 6.00. The zero-order valence-corrected chi connectivity index (χ0v) is 15.5. The summed E-state index contributed by atoms with van der Waals surface area (Å²) in [4.78, 5) is 12.0. The molecule has 8 heteroatoms. The number of nitrogens with zero attached hydrogens (tertiary/aromatic N) is 2. The average molecular weight is 367 g/mol. The Labute approximate surface area is 150 Å². The van der Waals surface area contributed by atoms with Gasteiger partial charge in [0.05, 0.1) is 12.8 Å². The second-order valence-corrected chi connectivity index (χ2v) is 5.99. The predicted molar refractivity (Wildman–Crippen MR) is 95.5 cm³/mol. The van der Waals surface area contributed by atoms with Gasteiger partial charge in [-0.25, -0.2) is 0 Å². The maximum Gasteiger partial charge on any atom is 0.221 e. The number of carbonyl (C=O) groups is 1. The van der Waals surface area contributed by atoms with Crippen molar-refractivity contribution >= 4 is 30.7 Å². The maximum atomic E-state index is 12.0. The zero-order valence-electron chi connectivity index (χ0n) is 13.8. The molecule has 1 aliphatic rings. The van der Waals surface area contributed by atoms with Crippen LogP contribution >= 0.6 is 24.8 Å². The van der Waals surface area contributed by atoms with E-state index in [4.69, 9.17) is 4.74 Å². The lowest BCUT2D eigenvalue weighted by atomic mass is 9.79. The van der Waals surface area contributed by atoms with E-state index in [1.165, 1.54) is 0 Å². The van der Waals surface area contributed by atoms with Crippen LogP contribution in [0.5, 0.6) is 0 Å². The maximum absolute atomic E-state index is 12.0. The molecule has 1 aliphatic heterocycles. The molecule has 0 bridgehead atoms. The summed E-state index contributed by atoms with van der Waals surface area (Å²) >= 11 is 0. The minimum absolute atomic E-state index is 0. The number of halogens is 2. The van der Waals surface area contributed by atoms with Crippen molar-refractivity contribution in [3.8, 4) is 0 Å². The fourth-order valence-corrected chi connectivity index (χ4v) is 2.82. The molecule has 0 aliphatic carbocycles. The third kappa shape index (κ3) is 7.08. The molecule has 2 N–H and O–H groups in total. The Balaban J connectivity index is 0.00000242. The van der Waals surface area contributed by atoms with Crippen LogP contribution in [0.2, 0.25) is 0 Å².